The summed E-state index contributed by atoms with van der Waals surface area (Å²) in [7, 11) is 0. The van der Waals surface area contributed by atoms with Gasteiger partial charge in [0.1, 0.15) is 0 Å². The van der Waals surface area contributed by atoms with E-state index >= 15 is 0 Å². The highest BCUT2D eigenvalue weighted by atomic mass is 15.1. The molecule has 1 unspecified atom stereocenters. The fourth-order valence-electron chi connectivity index (χ4n) is 13.5. The normalized spacial score (nSPS) is 15.0. The van der Waals surface area contributed by atoms with Gasteiger partial charge in [-0.1, -0.05) is 255 Å². The Morgan fingerprint density at radius 1 is 0.233 bits per heavy atom. The van der Waals surface area contributed by atoms with E-state index in [1.807, 2.05) is 0 Å². The van der Waals surface area contributed by atoms with Gasteiger partial charge in [-0.2, -0.15) is 0 Å². The molecule has 0 bridgehead atoms. The second kappa shape index (κ2) is 16.1. The summed E-state index contributed by atoms with van der Waals surface area (Å²) in [6, 6.07) is 107. The molecule has 0 N–H and O–H groups in total. The maximum Gasteiger partial charge on any atom is 0.0726 e. The second-order valence-corrected chi connectivity index (χ2v) is 19.8. The Morgan fingerprint density at radius 3 is 1.18 bits per heavy atom. The first-order valence-corrected chi connectivity index (χ1v) is 25.5. The summed E-state index contributed by atoms with van der Waals surface area (Å²) in [4.78, 5) is 2.54. The molecule has 3 aliphatic carbocycles. The Bertz CT molecular complexity index is 4100. The topological polar surface area (TPSA) is 3.24 Å². The van der Waals surface area contributed by atoms with Gasteiger partial charge in [0.2, 0.25) is 0 Å². The Hall–Kier alpha value is -9.30. The van der Waals surface area contributed by atoms with Crippen molar-refractivity contribution in [3.8, 4) is 55.6 Å². The minimum atomic E-state index is -0.611. The minimum Gasteiger partial charge on any atom is -0.310 e. The van der Waals surface area contributed by atoms with E-state index in [0.29, 0.717) is 0 Å². The number of rotatable bonds is 7. The van der Waals surface area contributed by atoms with Crippen LogP contribution in [-0.4, -0.2) is 0 Å². The molecule has 340 valence electrons. The van der Waals surface area contributed by atoms with Crippen LogP contribution in [0.25, 0.3) is 66.4 Å². The molecule has 12 aromatic rings. The number of benzene rings is 12. The maximum absolute atomic E-state index is 2.54. The molecule has 0 radical (unpaired) electrons. The molecular formula is C72H47N. The molecule has 0 amide bonds. The Morgan fingerprint density at radius 2 is 0.616 bits per heavy atom. The summed E-state index contributed by atoms with van der Waals surface area (Å²) in [5, 5.41) is 2.59. The van der Waals surface area contributed by atoms with E-state index in [2.05, 4.69) is 290 Å². The lowest BCUT2D eigenvalue weighted by Gasteiger charge is -2.40. The van der Waals surface area contributed by atoms with E-state index in [0.717, 1.165) is 22.6 Å². The van der Waals surface area contributed by atoms with Crippen molar-refractivity contribution >= 4 is 27.8 Å². The zero-order valence-electron chi connectivity index (χ0n) is 40.1. The van der Waals surface area contributed by atoms with Crippen molar-refractivity contribution < 1.29 is 0 Å². The first-order chi connectivity index (χ1) is 36.2. The Labute approximate surface area is 426 Å². The van der Waals surface area contributed by atoms with Crippen molar-refractivity contribution in [3.63, 3.8) is 0 Å². The summed E-state index contributed by atoms with van der Waals surface area (Å²) in [6.07, 6.45) is 0. The monoisotopic (exact) mass is 925 g/mol. The average molecular weight is 926 g/mol. The Kier molecular flexibility index (Phi) is 9.16. The van der Waals surface area contributed by atoms with Crippen molar-refractivity contribution in [2.24, 2.45) is 0 Å². The molecule has 1 atom stereocenters. The third-order valence-electron chi connectivity index (χ3n) is 16.4. The van der Waals surface area contributed by atoms with E-state index in [1.165, 1.54) is 105 Å². The van der Waals surface area contributed by atoms with Crippen LogP contribution in [0.5, 0.6) is 0 Å². The van der Waals surface area contributed by atoms with Gasteiger partial charge in [-0.25, -0.2) is 0 Å². The third kappa shape index (κ3) is 5.79. The van der Waals surface area contributed by atoms with Crippen LogP contribution in [0, 0.1) is 0 Å². The number of hydrogen-bond donors (Lipinski definition) is 0. The highest BCUT2D eigenvalue weighted by Gasteiger charge is 2.51. The maximum atomic E-state index is 2.54. The molecule has 0 saturated heterocycles. The van der Waals surface area contributed by atoms with E-state index in [1.54, 1.807) is 0 Å². The summed E-state index contributed by atoms with van der Waals surface area (Å²) < 4.78 is 0. The van der Waals surface area contributed by atoms with Gasteiger partial charge in [-0.15, -0.1) is 0 Å². The van der Waals surface area contributed by atoms with Gasteiger partial charge in [0, 0.05) is 16.9 Å². The molecule has 73 heavy (non-hydrogen) atoms. The van der Waals surface area contributed by atoms with Crippen molar-refractivity contribution in [1.29, 1.82) is 0 Å². The van der Waals surface area contributed by atoms with E-state index < -0.39 is 10.8 Å². The van der Waals surface area contributed by atoms with E-state index in [9.17, 15) is 0 Å². The number of nitrogens with zero attached hydrogens (tertiary/aromatic N) is 1. The predicted octanol–water partition coefficient (Wildman–Crippen LogP) is 18.4. The van der Waals surface area contributed by atoms with Crippen molar-refractivity contribution in [1.82, 2.24) is 0 Å². The van der Waals surface area contributed by atoms with Crippen LogP contribution >= 0.6 is 0 Å². The van der Waals surface area contributed by atoms with Gasteiger partial charge < -0.3 is 4.90 Å². The molecule has 1 heteroatoms. The smallest absolute Gasteiger partial charge is 0.0726 e. The number of hydrogen-bond acceptors (Lipinski definition) is 1. The second-order valence-electron chi connectivity index (χ2n) is 19.8. The standard InChI is InChI=1S/C72H47N/c1-5-22-48(23-6-1)54-44-45-62-58-33-15-19-37-65(58)72(66-38-21-34-61(54)70(62)66)64-36-18-14-32-57(64)60-43-41-53(47-68(60)72)73(69-39-20-16-30-55(69)49-24-7-2-8-25-49)52-40-42-59-56-31-13-17-35-63(56)71(67(59)46-52,50-26-9-3-10-27-50)51-28-11-4-12-29-51/h1-47H. The summed E-state index contributed by atoms with van der Waals surface area (Å²) >= 11 is 0. The Balaban J connectivity index is 1.03. The van der Waals surface area contributed by atoms with Gasteiger partial charge in [-0.3, -0.25) is 0 Å². The molecule has 0 fully saturated rings. The number of para-hydroxylation sites is 1. The first kappa shape index (κ1) is 41.5. The van der Waals surface area contributed by atoms with Crippen LogP contribution in [0.2, 0.25) is 0 Å². The molecule has 0 heterocycles. The van der Waals surface area contributed by atoms with Crippen molar-refractivity contribution in [2.75, 3.05) is 4.90 Å². The van der Waals surface area contributed by atoms with Gasteiger partial charge >= 0.3 is 0 Å². The predicted molar refractivity (Wildman–Crippen MR) is 303 cm³/mol. The van der Waals surface area contributed by atoms with Crippen LogP contribution in [-0.2, 0) is 10.8 Å². The highest BCUT2D eigenvalue weighted by Crippen LogP contribution is 2.64. The summed E-state index contributed by atoms with van der Waals surface area (Å²) in [6.45, 7) is 0. The lowest BCUT2D eigenvalue weighted by Crippen LogP contribution is -2.32. The number of fused-ring (bicyclic) bond motifs is 12. The van der Waals surface area contributed by atoms with Gasteiger partial charge in [-0.05, 0) is 136 Å². The lowest BCUT2D eigenvalue weighted by atomic mass is 9.61. The van der Waals surface area contributed by atoms with Gasteiger partial charge in [0.15, 0.2) is 0 Å². The van der Waals surface area contributed by atoms with Crippen LogP contribution in [0.15, 0.2) is 285 Å². The quantitative estimate of drug-likeness (QED) is 0.154. The molecule has 1 spiro atoms. The molecule has 1 nitrogen and oxygen atoms in total. The van der Waals surface area contributed by atoms with Crippen molar-refractivity contribution in [2.45, 2.75) is 10.8 Å². The fraction of sp³-hybridized carbons (Fsp3) is 0.0278. The average Bonchev–Trinajstić information content (AvgIpc) is 3.93. The van der Waals surface area contributed by atoms with E-state index in [-0.39, 0.29) is 0 Å². The molecule has 0 aromatic heterocycles. The molecular weight excluding hydrogens is 879 g/mol. The molecule has 0 aliphatic heterocycles. The van der Waals surface area contributed by atoms with Crippen LogP contribution in [0.1, 0.15) is 44.5 Å². The van der Waals surface area contributed by atoms with Crippen LogP contribution in [0.4, 0.5) is 17.1 Å². The van der Waals surface area contributed by atoms with Crippen molar-refractivity contribution in [3.05, 3.63) is 330 Å². The van der Waals surface area contributed by atoms with Crippen LogP contribution < -0.4 is 4.90 Å². The number of anilines is 3. The fourth-order valence-corrected chi connectivity index (χ4v) is 13.5. The zero-order chi connectivity index (χ0) is 48.1. The highest BCUT2D eigenvalue weighted by molar-refractivity contribution is 6.12. The first-order valence-electron chi connectivity index (χ1n) is 25.5. The third-order valence-corrected chi connectivity index (χ3v) is 16.4. The lowest BCUT2D eigenvalue weighted by molar-refractivity contribution is 0.768. The zero-order valence-corrected chi connectivity index (χ0v) is 40.1. The molecule has 15 rings (SSSR count). The van der Waals surface area contributed by atoms with Gasteiger partial charge in [0.25, 0.3) is 0 Å². The van der Waals surface area contributed by atoms with Crippen LogP contribution in [0.3, 0.4) is 0 Å². The van der Waals surface area contributed by atoms with E-state index in [4.69, 9.17) is 0 Å². The summed E-state index contributed by atoms with van der Waals surface area (Å²) in [5.41, 5.74) is 24.9. The molecule has 3 aliphatic rings. The molecule has 12 aromatic carbocycles. The molecule has 0 saturated carbocycles. The van der Waals surface area contributed by atoms with Gasteiger partial charge in [0.05, 0.1) is 16.5 Å². The summed E-state index contributed by atoms with van der Waals surface area (Å²) in [5.74, 6) is 0. The largest absolute Gasteiger partial charge is 0.310 e. The SMILES string of the molecule is c1ccc(-c2ccccc2N(c2ccc3c(c2)C(c2ccccc2)(c2ccccc2)c2ccccc2-3)c2ccc3c(c2)C2(c4ccccc4-3)c3ccccc3-c3ccc(-c4ccccc4)c4cccc2c34)cc1. The minimum absolute atomic E-state index is 0.560.